The van der Waals surface area contributed by atoms with Gasteiger partial charge in [-0.05, 0) is 128 Å². The van der Waals surface area contributed by atoms with E-state index in [1.54, 1.807) is 0 Å². The van der Waals surface area contributed by atoms with Crippen molar-refractivity contribution >= 4 is 45.0 Å². The number of benzene rings is 6. The highest BCUT2D eigenvalue weighted by Crippen LogP contribution is 2.36. The highest BCUT2D eigenvalue weighted by molar-refractivity contribution is 6.13. The number of hydrogen-bond donors (Lipinski definition) is 1. The summed E-state index contributed by atoms with van der Waals surface area (Å²) in [6, 6.07) is 47.6. The van der Waals surface area contributed by atoms with E-state index in [1.807, 2.05) is 6.20 Å². The molecule has 0 saturated heterocycles. The first-order valence-corrected chi connectivity index (χ1v) is 20.6. The molecule has 3 aliphatic rings. The Morgan fingerprint density at radius 1 is 0.786 bits per heavy atom. The van der Waals surface area contributed by atoms with Crippen LogP contribution >= 0.6 is 0 Å². The largest absolute Gasteiger partial charge is 0.300 e. The van der Waals surface area contributed by atoms with E-state index >= 15 is 0 Å². The van der Waals surface area contributed by atoms with E-state index in [-0.39, 0.29) is 12.1 Å². The standard InChI is InChI=1S/C54H50N2/c1-3-53(43-29-25-41(26-30-43)48-20-10-14-40-12-4-6-16-47(40)48)56-54(34-37(2)38-21-23-39(24-22-38)46-15-11-33-55-36-46)44-31-27-42(28-32-44)52-35-45-13-5-7-17-49(45)50-18-8-9-19-51(50)52/h4-9,11-14,16-19,21-25,27-29,31-36,46,53-54,56H,3,10,15,20,26,30H2,1-2H3/b37-34+. The first-order chi connectivity index (χ1) is 27.6. The third kappa shape index (κ3) is 7.30. The number of fused-ring (bicyclic) bond motifs is 4. The number of aliphatic imine (C=N–C) groups is 1. The van der Waals surface area contributed by atoms with E-state index < -0.39 is 0 Å². The zero-order chi connectivity index (χ0) is 37.8. The summed E-state index contributed by atoms with van der Waals surface area (Å²) in [5, 5.41) is 12.1. The van der Waals surface area contributed by atoms with Crippen LogP contribution in [0.25, 0.3) is 49.9 Å². The zero-order valence-electron chi connectivity index (χ0n) is 32.6. The molecule has 56 heavy (non-hydrogen) atoms. The molecule has 1 aliphatic heterocycles. The quantitative estimate of drug-likeness (QED) is 0.140. The summed E-state index contributed by atoms with van der Waals surface area (Å²) < 4.78 is 0. The maximum Gasteiger partial charge on any atom is 0.0516 e. The molecule has 0 bridgehead atoms. The molecule has 0 fully saturated rings. The van der Waals surface area contributed by atoms with Gasteiger partial charge in [-0.2, -0.15) is 0 Å². The summed E-state index contributed by atoms with van der Waals surface area (Å²) in [5.74, 6) is 0.347. The van der Waals surface area contributed by atoms with Gasteiger partial charge in [0.2, 0.25) is 0 Å². The van der Waals surface area contributed by atoms with Gasteiger partial charge in [0.05, 0.1) is 6.04 Å². The second kappa shape index (κ2) is 16.1. The van der Waals surface area contributed by atoms with Crippen molar-refractivity contribution in [3.05, 3.63) is 196 Å². The van der Waals surface area contributed by atoms with Gasteiger partial charge in [0.25, 0.3) is 0 Å². The minimum atomic E-state index is 0.0408. The molecule has 2 heteroatoms. The van der Waals surface area contributed by atoms with Crippen molar-refractivity contribution in [2.45, 2.75) is 70.4 Å². The molecule has 3 atom stereocenters. The highest BCUT2D eigenvalue weighted by atomic mass is 14.9. The topological polar surface area (TPSA) is 24.4 Å². The fourth-order valence-corrected chi connectivity index (χ4v) is 9.14. The van der Waals surface area contributed by atoms with Gasteiger partial charge in [0.1, 0.15) is 0 Å². The van der Waals surface area contributed by atoms with Crippen LogP contribution in [-0.4, -0.2) is 12.3 Å². The van der Waals surface area contributed by atoms with Crippen LogP contribution in [0.5, 0.6) is 0 Å². The molecule has 2 aliphatic carbocycles. The van der Waals surface area contributed by atoms with E-state index in [1.165, 1.54) is 82.1 Å². The number of nitrogens with zero attached hydrogens (tertiary/aromatic N) is 1. The molecule has 0 saturated carbocycles. The molecular weight excluding hydrogens is 677 g/mol. The van der Waals surface area contributed by atoms with Gasteiger partial charge in [-0.15, -0.1) is 0 Å². The van der Waals surface area contributed by atoms with Gasteiger partial charge in [0, 0.05) is 24.4 Å². The van der Waals surface area contributed by atoms with E-state index in [4.69, 9.17) is 0 Å². The van der Waals surface area contributed by atoms with E-state index in [0.29, 0.717) is 5.92 Å². The monoisotopic (exact) mass is 726 g/mol. The lowest BCUT2D eigenvalue weighted by Crippen LogP contribution is -2.34. The Morgan fingerprint density at radius 3 is 2.32 bits per heavy atom. The lowest BCUT2D eigenvalue weighted by molar-refractivity contribution is 0.501. The summed E-state index contributed by atoms with van der Waals surface area (Å²) in [5.41, 5.74) is 12.2. The molecule has 276 valence electrons. The molecule has 9 rings (SSSR count). The third-order valence-corrected chi connectivity index (χ3v) is 12.3. The van der Waals surface area contributed by atoms with Gasteiger partial charge < -0.3 is 5.32 Å². The minimum absolute atomic E-state index is 0.0408. The Balaban J connectivity index is 1.05. The van der Waals surface area contributed by atoms with Gasteiger partial charge in [-0.3, -0.25) is 4.99 Å². The van der Waals surface area contributed by atoms with Crippen molar-refractivity contribution in [2.24, 2.45) is 4.99 Å². The molecule has 2 nitrogen and oxygen atoms in total. The van der Waals surface area contributed by atoms with Crippen LogP contribution in [0, 0.1) is 0 Å². The second-order valence-corrected chi connectivity index (χ2v) is 15.7. The molecule has 6 aromatic carbocycles. The Kier molecular flexibility index (Phi) is 10.3. The van der Waals surface area contributed by atoms with Gasteiger partial charge in [0.15, 0.2) is 0 Å². The molecule has 0 spiro atoms. The van der Waals surface area contributed by atoms with Gasteiger partial charge in [-0.25, -0.2) is 0 Å². The summed E-state index contributed by atoms with van der Waals surface area (Å²) in [4.78, 5) is 4.39. The summed E-state index contributed by atoms with van der Waals surface area (Å²) in [6.07, 6.45) is 22.3. The first kappa shape index (κ1) is 35.8. The van der Waals surface area contributed by atoms with Crippen LogP contribution in [-0.2, 0) is 0 Å². The normalized spacial score (nSPS) is 17.9. The van der Waals surface area contributed by atoms with E-state index in [2.05, 4.69) is 188 Å². The zero-order valence-corrected chi connectivity index (χ0v) is 32.6. The third-order valence-electron chi connectivity index (χ3n) is 12.3. The summed E-state index contributed by atoms with van der Waals surface area (Å²) >= 11 is 0. The van der Waals surface area contributed by atoms with Crippen LogP contribution in [0.2, 0.25) is 0 Å². The molecule has 0 aromatic heterocycles. The second-order valence-electron chi connectivity index (χ2n) is 15.7. The summed E-state index contributed by atoms with van der Waals surface area (Å²) in [6.45, 7) is 4.58. The van der Waals surface area contributed by atoms with Crippen molar-refractivity contribution in [1.82, 2.24) is 5.32 Å². The molecular formula is C54H50N2. The lowest BCUT2D eigenvalue weighted by Gasteiger charge is -2.29. The van der Waals surface area contributed by atoms with Crippen molar-refractivity contribution in [3.8, 4) is 11.1 Å². The lowest BCUT2D eigenvalue weighted by atomic mass is 9.85. The fraction of sp³-hybridized carbons (Fsp3) is 0.204. The Labute approximate surface area is 331 Å². The minimum Gasteiger partial charge on any atom is -0.300 e. The SMILES string of the molecule is CCC(NC(/C=C(\C)c1ccc(C2C=NC=CC2)cc1)c1ccc(-c2cc3ccccc3c3ccccc23)cc1)C1=CC=C(C2=c3ccccc3=CCC2)CC1. The number of hydrogen-bond acceptors (Lipinski definition) is 2. The molecule has 1 heterocycles. The predicted octanol–water partition coefficient (Wildman–Crippen LogP) is 12.3. The van der Waals surface area contributed by atoms with Crippen molar-refractivity contribution in [2.75, 3.05) is 0 Å². The molecule has 3 unspecified atom stereocenters. The summed E-state index contributed by atoms with van der Waals surface area (Å²) in [7, 11) is 0. The van der Waals surface area contributed by atoms with Crippen molar-refractivity contribution in [3.63, 3.8) is 0 Å². The number of allylic oxidation sites excluding steroid dienone is 5. The Hall–Kier alpha value is -5.83. The molecule has 0 radical (unpaired) electrons. The Morgan fingerprint density at radius 2 is 1.55 bits per heavy atom. The van der Waals surface area contributed by atoms with E-state index in [9.17, 15) is 0 Å². The van der Waals surface area contributed by atoms with Crippen molar-refractivity contribution < 1.29 is 0 Å². The Bertz CT molecular complexity index is 2680. The van der Waals surface area contributed by atoms with Crippen LogP contribution in [0.1, 0.15) is 81.0 Å². The van der Waals surface area contributed by atoms with Gasteiger partial charge >= 0.3 is 0 Å². The number of nitrogens with one attached hydrogen (secondary N) is 1. The van der Waals surface area contributed by atoms with Crippen LogP contribution in [0.3, 0.4) is 0 Å². The first-order valence-electron chi connectivity index (χ1n) is 20.6. The van der Waals surface area contributed by atoms with Crippen molar-refractivity contribution in [1.29, 1.82) is 0 Å². The van der Waals surface area contributed by atoms with Gasteiger partial charge in [-0.1, -0.05) is 164 Å². The smallest absolute Gasteiger partial charge is 0.0516 e. The average molecular weight is 727 g/mol. The molecule has 0 amide bonds. The molecule has 1 N–H and O–H groups in total. The van der Waals surface area contributed by atoms with Crippen LogP contribution in [0.15, 0.2) is 174 Å². The maximum atomic E-state index is 4.39. The average Bonchev–Trinajstić information content (AvgIpc) is 3.28. The van der Waals surface area contributed by atoms with Crippen LogP contribution < -0.4 is 15.8 Å². The van der Waals surface area contributed by atoms with Crippen LogP contribution in [0.4, 0.5) is 0 Å². The fourth-order valence-electron chi connectivity index (χ4n) is 9.14. The van der Waals surface area contributed by atoms with E-state index in [0.717, 1.165) is 38.5 Å². The number of rotatable bonds is 10. The maximum absolute atomic E-state index is 4.39. The predicted molar refractivity (Wildman–Crippen MR) is 240 cm³/mol. The highest BCUT2D eigenvalue weighted by Gasteiger charge is 2.22. The molecule has 6 aromatic rings.